The number of anilines is 1. The Morgan fingerprint density at radius 3 is 1.34 bits per heavy atom. The molecule has 0 fully saturated rings. The second-order valence-corrected chi connectivity index (χ2v) is 19.0. The average molecular weight is 811 g/mol. The molecule has 1 unspecified atom stereocenters. The Morgan fingerprint density at radius 2 is 0.915 bits per heavy atom. The number of para-hydroxylation sites is 6. The Balaban J connectivity index is 0.000000198. The molecule has 322 valence electrons. The Kier molecular flexibility index (Phi) is 17.7. The number of ether oxygens (including phenoxy) is 5. The highest BCUT2D eigenvalue weighted by molar-refractivity contribution is 6.21. The van der Waals surface area contributed by atoms with Gasteiger partial charge in [-0.3, -0.25) is 14.5 Å². The fraction of sp³-hybridized carbons (Fsp3) is 0.480. The summed E-state index contributed by atoms with van der Waals surface area (Å²) in [4.78, 5) is 27.4. The third-order valence-electron chi connectivity index (χ3n) is 8.35. The smallest absolute Gasteiger partial charge is 0.262 e. The molecular weight excluding hydrogens is 741 g/mol. The molecule has 0 radical (unpaired) electrons. The molecule has 9 heteroatoms. The van der Waals surface area contributed by atoms with E-state index in [9.17, 15) is 9.59 Å². The quantitative estimate of drug-likeness (QED) is 0.162. The van der Waals surface area contributed by atoms with Crippen LogP contribution in [0.5, 0.6) is 28.7 Å². The number of amides is 2. The minimum absolute atomic E-state index is 0.119. The van der Waals surface area contributed by atoms with E-state index in [-0.39, 0.29) is 23.3 Å². The van der Waals surface area contributed by atoms with E-state index < -0.39 is 5.54 Å². The highest BCUT2D eigenvalue weighted by atomic mass is 16.6. The fourth-order valence-corrected chi connectivity index (χ4v) is 5.54. The van der Waals surface area contributed by atoms with E-state index in [4.69, 9.17) is 23.7 Å². The van der Waals surface area contributed by atoms with Crippen molar-refractivity contribution in [2.75, 3.05) is 44.9 Å². The number of imide groups is 1. The van der Waals surface area contributed by atoms with Gasteiger partial charge < -0.3 is 28.6 Å². The molecule has 2 amide bonds. The SMILES string of the molecule is CC(C)(C)C.CC(C)(C)C1COc2ccccc2O1.CC(C)(C)N1C(=O)c2ccccc2C1=O.CC(C)C.CN1CCOc2ccccc21.c1ccc2c(c1)OCCO2. The van der Waals surface area contributed by atoms with Crippen molar-refractivity contribution in [1.29, 1.82) is 0 Å². The van der Waals surface area contributed by atoms with Crippen molar-refractivity contribution in [3.05, 3.63) is 108 Å². The Morgan fingerprint density at radius 1 is 0.542 bits per heavy atom. The van der Waals surface area contributed by atoms with Gasteiger partial charge in [0.05, 0.1) is 23.4 Å². The van der Waals surface area contributed by atoms with Gasteiger partial charge in [-0.25, -0.2) is 0 Å². The first-order valence-electron chi connectivity index (χ1n) is 20.7. The molecule has 4 heterocycles. The maximum Gasteiger partial charge on any atom is 0.262 e. The van der Waals surface area contributed by atoms with Crippen molar-refractivity contribution in [1.82, 2.24) is 4.90 Å². The van der Waals surface area contributed by atoms with Crippen molar-refractivity contribution >= 4 is 17.5 Å². The summed E-state index contributed by atoms with van der Waals surface area (Å²) in [6.45, 7) is 31.1. The summed E-state index contributed by atoms with van der Waals surface area (Å²) in [6.07, 6.45) is 0.136. The summed E-state index contributed by atoms with van der Waals surface area (Å²) in [6, 6.07) is 30.6. The number of rotatable bonds is 0. The van der Waals surface area contributed by atoms with Crippen LogP contribution < -0.4 is 28.6 Å². The molecule has 8 rings (SSSR count). The van der Waals surface area contributed by atoms with E-state index in [1.807, 2.05) is 87.5 Å². The molecule has 4 aromatic rings. The molecule has 0 bridgehead atoms. The van der Waals surface area contributed by atoms with E-state index in [0.29, 0.717) is 36.4 Å². The second kappa shape index (κ2) is 21.7. The van der Waals surface area contributed by atoms with Gasteiger partial charge >= 0.3 is 0 Å². The van der Waals surface area contributed by atoms with E-state index in [2.05, 4.69) is 87.3 Å². The van der Waals surface area contributed by atoms with E-state index in [1.165, 1.54) is 10.6 Å². The Hall–Kier alpha value is -5.18. The minimum atomic E-state index is -0.465. The fourth-order valence-electron chi connectivity index (χ4n) is 5.54. The normalized spacial score (nSPS) is 15.9. The summed E-state index contributed by atoms with van der Waals surface area (Å²) in [5, 5.41) is 0. The molecule has 4 aliphatic rings. The highest BCUT2D eigenvalue weighted by Crippen LogP contribution is 2.36. The van der Waals surface area contributed by atoms with Gasteiger partial charge in [-0.15, -0.1) is 0 Å². The zero-order valence-corrected chi connectivity index (χ0v) is 38.2. The third kappa shape index (κ3) is 15.8. The van der Waals surface area contributed by atoms with Crippen LogP contribution in [0.4, 0.5) is 5.69 Å². The van der Waals surface area contributed by atoms with Crippen LogP contribution in [-0.2, 0) is 0 Å². The zero-order chi connectivity index (χ0) is 44.0. The van der Waals surface area contributed by atoms with Crippen molar-refractivity contribution in [3.8, 4) is 28.7 Å². The first kappa shape index (κ1) is 48.2. The van der Waals surface area contributed by atoms with Gasteiger partial charge in [0.15, 0.2) is 23.0 Å². The molecule has 59 heavy (non-hydrogen) atoms. The summed E-state index contributed by atoms with van der Waals surface area (Å²) >= 11 is 0. The third-order valence-corrected chi connectivity index (χ3v) is 8.35. The first-order chi connectivity index (χ1) is 27.6. The predicted molar refractivity (Wildman–Crippen MR) is 241 cm³/mol. The van der Waals surface area contributed by atoms with Gasteiger partial charge in [0.1, 0.15) is 38.3 Å². The van der Waals surface area contributed by atoms with E-state index >= 15 is 0 Å². The highest BCUT2D eigenvalue weighted by Gasteiger charge is 2.41. The maximum atomic E-state index is 12.0. The lowest BCUT2D eigenvalue weighted by Gasteiger charge is -2.34. The molecule has 0 aliphatic carbocycles. The number of hydrogen-bond donors (Lipinski definition) is 0. The monoisotopic (exact) mass is 811 g/mol. The number of likely N-dealkylation sites (N-methyl/N-ethyl adjacent to an activating group) is 1. The maximum absolute atomic E-state index is 12.0. The lowest BCUT2D eigenvalue weighted by molar-refractivity contribution is 0.0163. The van der Waals surface area contributed by atoms with Crippen molar-refractivity contribution in [2.45, 2.75) is 102 Å². The van der Waals surface area contributed by atoms with Gasteiger partial charge in [-0.2, -0.15) is 0 Å². The first-order valence-corrected chi connectivity index (χ1v) is 20.7. The molecule has 0 aromatic heterocycles. The van der Waals surface area contributed by atoms with Crippen molar-refractivity contribution < 1.29 is 33.3 Å². The molecule has 4 aliphatic heterocycles. The van der Waals surface area contributed by atoms with Crippen LogP contribution in [-0.4, -0.2) is 68.4 Å². The number of nitrogens with zero attached hydrogens (tertiary/aromatic N) is 2. The lowest BCUT2D eigenvalue weighted by Crippen LogP contribution is -2.45. The number of hydrogen-bond acceptors (Lipinski definition) is 8. The summed E-state index contributed by atoms with van der Waals surface area (Å²) in [7, 11) is 2.08. The zero-order valence-electron chi connectivity index (χ0n) is 38.2. The largest absolute Gasteiger partial charge is 0.490 e. The van der Waals surface area contributed by atoms with Crippen LogP contribution in [0, 0.1) is 16.7 Å². The lowest BCUT2D eigenvalue weighted by atomic mass is 9.89. The van der Waals surface area contributed by atoms with Gasteiger partial charge in [0.25, 0.3) is 11.8 Å². The molecule has 0 saturated heterocycles. The van der Waals surface area contributed by atoms with Crippen LogP contribution in [0.1, 0.15) is 111 Å². The summed E-state index contributed by atoms with van der Waals surface area (Å²) < 4.78 is 27.6. The molecule has 1 atom stereocenters. The molecule has 0 saturated carbocycles. The van der Waals surface area contributed by atoms with Crippen LogP contribution in [0.3, 0.4) is 0 Å². The van der Waals surface area contributed by atoms with Crippen molar-refractivity contribution in [3.63, 3.8) is 0 Å². The molecular formula is C50H70N2O7. The van der Waals surface area contributed by atoms with Crippen LogP contribution in [0.2, 0.25) is 0 Å². The van der Waals surface area contributed by atoms with Crippen molar-refractivity contribution in [2.24, 2.45) is 16.7 Å². The second-order valence-electron chi connectivity index (χ2n) is 19.0. The number of benzene rings is 4. The van der Waals surface area contributed by atoms with Crippen LogP contribution in [0.15, 0.2) is 97.1 Å². The number of carbonyl (C=O) groups excluding carboxylic acids is 2. The Bertz CT molecular complexity index is 1850. The molecule has 4 aromatic carbocycles. The van der Waals surface area contributed by atoms with E-state index in [0.717, 1.165) is 47.8 Å². The average Bonchev–Trinajstić information content (AvgIpc) is 3.44. The summed E-state index contributed by atoms with van der Waals surface area (Å²) in [5.74, 6) is 4.88. The topological polar surface area (TPSA) is 86.8 Å². The molecule has 9 nitrogen and oxygen atoms in total. The molecule has 0 N–H and O–H groups in total. The Labute approximate surface area is 355 Å². The van der Waals surface area contributed by atoms with Crippen LogP contribution >= 0.6 is 0 Å². The standard InChI is InChI=1S/C12H13NO2.C12H16O2.C9H11NO.C8H8O2.C5H12.C4H10/c1-12(2,3)13-10(14)8-6-4-5-7-9(8)11(13)15;1-12(2,3)11-8-13-9-6-4-5-7-10(9)14-11;1-10-6-7-11-9-5-3-2-4-8(9)10;1-2-4-8-7(3-1)9-5-6-10-8;1-5(2,3)4;1-4(2)3/h4-7H,1-3H3;4-7,11H,8H2,1-3H3;2-5H,6-7H2,1H3;1-4H,5-6H2;1-4H3;4H,1-3H3. The predicted octanol–water partition coefficient (Wildman–Crippen LogP) is 11.6. The van der Waals surface area contributed by atoms with Gasteiger partial charge in [0.2, 0.25) is 0 Å². The number of fused-ring (bicyclic) bond motifs is 4. The van der Waals surface area contributed by atoms with Gasteiger partial charge in [-0.1, -0.05) is 118 Å². The van der Waals surface area contributed by atoms with Gasteiger partial charge in [-0.05, 0) is 80.6 Å². The van der Waals surface area contributed by atoms with Gasteiger partial charge in [0, 0.05) is 18.0 Å². The van der Waals surface area contributed by atoms with E-state index in [1.54, 1.807) is 24.3 Å². The minimum Gasteiger partial charge on any atom is -0.490 e. The van der Waals surface area contributed by atoms with Crippen LogP contribution in [0.25, 0.3) is 0 Å². The molecule has 0 spiro atoms. The number of carbonyl (C=O) groups is 2. The summed E-state index contributed by atoms with van der Waals surface area (Å²) in [5.41, 5.74) is 2.37.